The summed E-state index contributed by atoms with van der Waals surface area (Å²) in [6, 6.07) is 18.1. The third kappa shape index (κ3) is 3.74. The number of para-hydroxylation sites is 2. The lowest BCUT2D eigenvalue weighted by Crippen LogP contribution is -2.35. The van der Waals surface area contributed by atoms with E-state index < -0.39 is 5.76 Å². The Hall–Kier alpha value is -3.98. The Kier molecular flexibility index (Phi) is 5.16. The van der Waals surface area contributed by atoms with Crippen LogP contribution in [-0.4, -0.2) is 27.6 Å². The fraction of sp³-hybridized carbons (Fsp3) is 0.130. The summed E-state index contributed by atoms with van der Waals surface area (Å²) in [5, 5.41) is 0.518. The Morgan fingerprint density at radius 3 is 2.81 bits per heavy atom. The van der Waals surface area contributed by atoms with Crippen molar-refractivity contribution in [2.24, 2.45) is 0 Å². The van der Waals surface area contributed by atoms with E-state index in [0.29, 0.717) is 27.7 Å². The lowest BCUT2D eigenvalue weighted by atomic mass is 10.3. The molecule has 160 valence electrons. The van der Waals surface area contributed by atoms with Gasteiger partial charge < -0.3 is 9.15 Å². The monoisotopic (exact) mass is 446 g/mol. The van der Waals surface area contributed by atoms with E-state index in [-0.39, 0.29) is 19.0 Å². The number of amides is 1. The maximum Gasteiger partial charge on any atom is 0.420 e. The number of benzene rings is 2. The molecule has 0 aliphatic carbocycles. The second kappa shape index (κ2) is 8.27. The topological polar surface area (TPSA) is 90.5 Å². The van der Waals surface area contributed by atoms with Crippen molar-refractivity contribution < 1.29 is 13.9 Å². The Balaban J connectivity index is 1.54. The number of aromatic nitrogens is 3. The molecular weight excluding hydrogens is 428 g/mol. The predicted molar refractivity (Wildman–Crippen MR) is 122 cm³/mol. The summed E-state index contributed by atoms with van der Waals surface area (Å²) in [6.07, 6.45) is 1.68. The Morgan fingerprint density at radius 1 is 1.16 bits per heavy atom. The van der Waals surface area contributed by atoms with Crippen LogP contribution in [0.1, 0.15) is 5.69 Å². The number of oxazole rings is 1. The van der Waals surface area contributed by atoms with E-state index in [9.17, 15) is 9.59 Å². The molecule has 0 spiro atoms. The van der Waals surface area contributed by atoms with Crippen LogP contribution in [0.15, 0.2) is 76.1 Å². The highest BCUT2D eigenvalue weighted by Gasteiger charge is 2.23. The minimum absolute atomic E-state index is 0.179. The molecule has 8 nitrogen and oxygen atoms in total. The van der Waals surface area contributed by atoms with Crippen LogP contribution in [0.5, 0.6) is 5.75 Å². The molecule has 32 heavy (non-hydrogen) atoms. The molecule has 0 aliphatic heterocycles. The van der Waals surface area contributed by atoms with Crippen LogP contribution in [0.2, 0.25) is 0 Å². The van der Waals surface area contributed by atoms with Crippen LogP contribution >= 0.6 is 11.3 Å². The quantitative estimate of drug-likeness (QED) is 0.394. The molecule has 0 atom stereocenters. The molecule has 0 fully saturated rings. The van der Waals surface area contributed by atoms with Crippen LogP contribution in [0.25, 0.3) is 21.3 Å². The Labute approximate surface area is 186 Å². The molecule has 3 aromatic heterocycles. The van der Waals surface area contributed by atoms with Gasteiger partial charge in [0.1, 0.15) is 12.3 Å². The van der Waals surface area contributed by atoms with E-state index >= 15 is 0 Å². The van der Waals surface area contributed by atoms with Crippen molar-refractivity contribution in [1.29, 1.82) is 0 Å². The number of carbonyl (C=O) groups excluding carboxylic acids is 1. The van der Waals surface area contributed by atoms with E-state index in [1.807, 2.05) is 36.4 Å². The number of hydrogen-bond acceptors (Lipinski definition) is 7. The van der Waals surface area contributed by atoms with Crippen LogP contribution in [0, 0.1) is 0 Å². The third-order valence-electron chi connectivity index (χ3n) is 5.03. The number of methoxy groups -OCH3 is 1. The first-order valence-electron chi connectivity index (χ1n) is 9.85. The number of rotatable bonds is 6. The molecule has 0 aliphatic rings. The Morgan fingerprint density at radius 2 is 2.00 bits per heavy atom. The lowest BCUT2D eigenvalue weighted by molar-refractivity contribution is -0.119. The molecule has 0 radical (unpaired) electrons. The van der Waals surface area contributed by atoms with Crippen LogP contribution in [-0.2, 0) is 17.9 Å². The molecular formula is C23H18N4O4S. The standard InChI is InChI=1S/C23H18N4O4S/c1-30-16-9-10-20-17(12-16)25-22(32-20)27(13-15-6-4-5-11-24-15)21(28)14-26-18-7-2-3-8-19(18)31-23(26)29/h2-12H,13-14H2,1H3. The van der Waals surface area contributed by atoms with E-state index in [1.54, 1.807) is 42.5 Å². The van der Waals surface area contributed by atoms with Gasteiger partial charge in [0.05, 0.1) is 35.1 Å². The summed E-state index contributed by atoms with van der Waals surface area (Å²) in [4.78, 5) is 36.4. The van der Waals surface area contributed by atoms with Crippen molar-refractivity contribution in [3.8, 4) is 5.75 Å². The van der Waals surface area contributed by atoms with E-state index in [2.05, 4.69) is 9.97 Å². The van der Waals surface area contributed by atoms with Gasteiger partial charge in [-0.25, -0.2) is 9.78 Å². The van der Waals surface area contributed by atoms with Crippen molar-refractivity contribution in [2.45, 2.75) is 13.1 Å². The summed E-state index contributed by atoms with van der Waals surface area (Å²) in [6.45, 7) is 0.0447. The minimum Gasteiger partial charge on any atom is -0.497 e. The molecule has 0 saturated carbocycles. The zero-order chi connectivity index (χ0) is 22.1. The van der Waals surface area contributed by atoms with Gasteiger partial charge in [0.25, 0.3) is 0 Å². The highest BCUT2D eigenvalue weighted by molar-refractivity contribution is 7.22. The van der Waals surface area contributed by atoms with Gasteiger partial charge in [-0.15, -0.1) is 0 Å². The summed E-state index contributed by atoms with van der Waals surface area (Å²) in [5.41, 5.74) is 2.45. The van der Waals surface area contributed by atoms with Crippen molar-refractivity contribution in [2.75, 3.05) is 12.0 Å². The zero-order valence-electron chi connectivity index (χ0n) is 17.1. The first kappa shape index (κ1) is 20.0. The summed E-state index contributed by atoms with van der Waals surface area (Å²) >= 11 is 1.39. The first-order valence-corrected chi connectivity index (χ1v) is 10.7. The number of thiazole rings is 1. The number of ether oxygens (including phenoxy) is 1. The molecule has 3 heterocycles. The highest BCUT2D eigenvalue weighted by Crippen LogP contribution is 2.32. The van der Waals surface area contributed by atoms with Crippen LogP contribution in [0.4, 0.5) is 5.13 Å². The molecule has 0 bridgehead atoms. The number of nitrogens with zero attached hydrogens (tertiary/aromatic N) is 4. The second-order valence-corrected chi connectivity index (χ2v) is 8.06. The van der Waals surface area contributed by atoms with Gasteiger partial charge >= 0.3 is 5.76 Å². The van der Waals surface area contributed by atoms with Gasteiger partial charge in [0, 0.05) is 12.3 Å². The lowest BCUT2D eigenvalue weighted by Gasteiger charge is -2.19. The van der Waals surface area contributed by atoms with E-state index in [0.717, 1.165) is 10.2 Å². The molecule has 0 unspecified atom stereocenters. The zero-order valence-corrected chi connectivity index (χ0v) is 17.9. The number of carbonyl (C=O) groups is 1. The second-order valence-electron chi connectivity index (χ2n) is 7.05. The molecule has 1 amide bonds. The summed E-state index contributed by atoms with van der Waals surface area (Å²) < 4.78 is 12.8. The van der Waals surface area contributed by atoms with Gasteiger partial charge in [0.15, 0.2) is 10.7 Å². The van der Waals surface area contributed by atoms with Gasteiger partial charge in [-0.2, -0.15) is 0 Å². The normalized spacial score (nSPS) is 11.2. The number of anilines is 1. The minimum atomic E-state index is -0.577. The number of pyridine rings is 1. The number of fused-ring (bicyclic) bond motifs is 2. The van der Waals surface area contributed by atoms with E-state index in [4.69, 9.17) is 9.15 Å². The number of hydrogen-bond donors (Lipinski definition) is 0. The molecule has 0 N–H and O–H groups in total. The summed E-state index contributed by atoms with van der Waals surface area (Å²) in [5.74, 6) is -0.185. The SMILES string of the molecule is COc1ccc2sc(N(Cc3ccccn3)C(=O)Cn3c(=O)oc4ccccc43)nc2c1. The molecule has 0 saturated heterocycles. The third-order valence-corrected chi connectivity index (χ3v) is 6.09. The smallest absolute Gasteiger partial charge is 0.420 e. The van der Waals surface area contributed by atoms with Crippen LogP contribution < -0.4 is 15.4 Å². The molecule has 5 aromatic rings. The maximum absolute atomic E-state index is 13.4. The first-order chi connectivity index (χ1) is 15.6. The Bertz CT molecular complexity index is 1470. The van der Waals surface area contributed by atoms with Crippen molar-refractivity contribution in [3.05, 3.63) is 83.1 Å². The van der Waals surface area contributed by atoms with Gasteiger partial charge in [0.2, 0.25) is 5.91 Å². The van der Waals surface area contributed by atoms with Gasteiger partial charge in [-0.1, -0.05) is 29.5 Å². The van der Waals surface area contributed by atoms with Crippen molar-refractivity contribution in [1.82, 2.24) is 14.5 Å². The van der Waals surface area contributed by atoms with Gasteiger partial charge in [-0.05, 0) is 36.4 Å². The molecule has 5 rings (SSSR count). The average molecular weight is 446 g/mol. The predicted octanol–water partition coefficient (Wildman–Crippen LogP) is 3.84. The fourth-order valence-electron chi connectivity index (χ4n) is 3.44. The fourth-order valence-corrected chi connectivity index (χ4v) is 4.40. The maximum atomic E-state index is 13.4. The average Bonchev–Trinajstić information content (AvgIpc) is 3.38. The van der Waals surface area contributed by atoms with Crippen molar-refractivity contribution in [3.63, 3.8) is 0 Å². The molecule has 9 heteroatoms. The molecule has 2 aromatic carbocycles. The van der Waals surface area contributed by atoms with Gasteiger partial charge in [-0.3, -0.25) is 19.2 Å². The highest BCUT2D eigenvalue weighted by atomic mass is 32.1. The summed E-state index contributed by atoms with van der Waals surface area (Å²) in [7, 11) is 1.60. The van der Waals surface area contributed by atoms with Crippen molar-refractivity contribution >= 4 is 43.7 Å². The van der Waals surface area contributed by atoms with E-state index in [1.165, 1.54) is 15.9 Å². The largest absolute Gasteiger partial charge is 0.497 e. The van der Waals surface area contributed by atoms with Crippen LogP contribution in [0.3, 0.4) is 0 Å².